The Hall–Kier alpha value is -2.31. The molecule has 0 aliphatic carbocycles. The van der Waals surface area contributed by atoms with Gasteiger partial charge < -0.3 is 20.7 Å². The van der Waals surface area contributed by atoms with Crippen LogP contribution in [0.15, 0.2) is 42.5 Å². The van der Waals surface area contributed by atoms with E-state index < -0.39 is 11.6 Å². The predicted octanol–water partition coefficient (Wildman–Crippen LogP) is 3.53. The van der Waals surface area contributed by atoms with Crippen LogP contribution in [0.3, 0.4) is 0 Å². The molecule has 26 heavy (non-hydrogen) atoms. The van der Waals surface area contributed by atoms with E-state index in [-0.39, 0.29) is 11.9 Å². The molecular weight excluding hydrogens is 370 g/mol. The van der Waals surface area contributed by atoms with Gasteiger partial charge in [-0.1, -0.05) is 29.3 Å². The highest BCUT2D eigenvalue weighted by Crippen LogP contribution is 2.45. The van der Waals surface area contributed by atoms with Crippen molar-refractivity contribution in [2.75, 3.05) is 5.32 Å². The number of hydrogen-bond acceptors (Lipinski definition) is 3. The van der Waals surface area contributed by atoms with Crippen molar-refractivity contribution in [3.05, 3.63) is 58.6 Å². The third-order valence-corrected chi connectivity index (χ3v) is 5.26. The van der Waals surface area contributed by atoms with Gasteiger partial charge in [-0.3, -0.25) is 4.79 Å². The fourth-order valence-electron chi connectivity index (χ4n) is 3.62. The molecule has 3 N–H and O–H groups in total. The number of hydrogen-bond donors (Lipinski definition) is 3. The van der Waals surface area contributed by atoms with Crippen molar-refractivity contribution in [2.45, 2.75) is 25.6 Å². The lowest BCUT2D eigenvalue weighted by Gasteiger charge is -2.50. The minimum Gasteiger partial charge on any atom is -0.467 e. The summed E-state index contributed by atoms with van der Waals surface area (Å²) in [6.07, 6.45) is 0. The number of halogens is 1. The Labute approximate surface area is 162 Å². The van der Waals surface area contributed by atoms with Crippen molar-refractivity contribution in [3.63, 3.8) is 0 Å². The van der Waals surface area contributed by atoms with Crippen molar-refractivity contribution < 1.29 is 9.53 Å². The summed E-state index contributed by atoms with van der Waals surface area (Å²) in [5.74, 6) is 0.0785. The number of carbonyl (C=O) groups is 1. The lowest BCUT2D eigenvalue weighted by Crippen LogP contribution is -2.70. The zero-order valence-corrected chi connectivity index (χ0v) is 15.9. The average Bonchev–Trinajstić information content (AvgIpc) is 2.56. The molecule has 2 aliphatic rings. The van der Waals surface area contributed by atoms with Crippen molar-refractivity contribution >= 4 is 40.5 Å². The lowest BCUT2D eigenvalue weighted by molar-refractivity contribution is -0.132. The second-order valence-corrected chi connectivity index (χ2v) is 7.65. The first kappa shape index (κ1) is 17.1. The smallest absolute Gasteiger partial charge is 0.236 e. The quantitative estimate of drug-likeness (QED) is 0.688. The number of carbonyl (C=O) groups excluding carboxylic acids is 1. The number of benzene rings is 2. The highest BCUT2D eigenvalue weighted by atomic mass is 35.5. The molecule has 4 rings (SSSR count). The van der Waals surface area contributed by atoms with Gasteiger partial charge in [0.1, 0.15) is 11.7 Å². The van der Waals surface area contributed by atoms with E-state index in [0.717, 1.165) is 16.9 Å². The maximum absolute atomic E-state index is 13.1. The van der Waals surface area contributed by atoms with E-state index in [4.69, 9.17) is 28.6 Å². The fourth-order valence-corrected chi connectivity index (χ4v) is 4.07. The van der Waals surface area contributed by atoms with E-state index in [9.17, 15) is 4.79 Å². The Morgan fingerprint density at radius 1 is 1.27 bits per heavy atom. The first-order chi connectivity index (χ1) is 12.4. The molecule has 134 valence electrons. The third kappa shape index (κ3) is 2.89. The van der Waals surface area contributed by atoms with Gasteiger partial charge in [0.15, 0.2) is 10.8 Å². The van der Waals surface area contributed by atoms with Crippen LogP contribution in [0, 0.1) is 12.8 Å². The molecule has 0 radical (unpaired) electrons. The second-order valence-electron chi connectivity index (χ2n) is 6.80. The molecule has 2 aliphatic heterocycles. The van der Waals surface area contributed by atoms with Gasteiger partial charge in [-0.05, 0) is 56.4 Å². The van der Waals surface area contributed by atoms with Crippen LogP contribution < -0.4 is 20.7 Å². The maximum Gasteiger partial charge on any atom is 0.236 e. The van der Waals surface area contributed by atoms with Crippen LogP contribution in [0.25, 0.3) is 0 Å². The summed E-state index contributed by atoms with van der Waals surface area (Å²) < 4.78 is 6.19. The largest absolute Gasteiger partial charge is 0.467 e. The molecule has 2 aromatic rings. The molecule has 0 saturated carbocycles. The van der Waals surface area contributed by atoms with Crippen molar-refractivity contribution in [3.8, 4) is 5.75 Å². The van der Waals surface area contributed by atoms with E-state index >= 15 is 0 Å². The summed E-state index contributed by atoms with van der Waals surface area (Å²) in [6.45, 7) is 3.86. The summed E-state index contributed by atoms with van der Waals surface area (Å²) in [5, 5.41) is 10.4. The molecule has 1 fully saturated rings. The minimum absolute atomic E-state index is 0.158. The molecule has 3 atom stereocenters. The molecule has 0 spiro atoms. The monoisotopic (exact) mass is 387 g/mol. The van der Waals surface area contributed by atoms with Crippen LogP contribution in [0.1, 0.15) is 24.1 Å². The number of thiocarbonyl (C=S) groups is 1. The van der Waals surface area contributed by atoms with Crippen molar-refractivity contribution in [2.24, 2.45) is 5.92 Å². The van der Waals surface area contributed by atoms with E-state index in [0.29, 0.717) is 15.8 Å². The minimum atomic E-state index is -0.939. The van der Waals surface area contributed by atoms with Crippen LogP contribution in [-0.2, 0) is 4.79 Å². The normalized spacial score (nSPS) is 26.0. The average molecular weight is 388 g/mol. The summed E-state index contributed by atoms with van der Waals surface area (Å²) in [7, 11) is 0. The van der Waals surface area contributed by atoms with Gasteiger partial charge in [-0.25, -0.2) is 0 Å². The number of fused-ring (bicyclic) bond motifs is 4. The zero-order chi connectivity index (χ0) is 18.5. The number of anilines is 1. The van der Waals surface area contributed by atoms with Gasteiger partial charge in [0.25, 0.3) is 0 Å². The topological polar surface area (TPSA) is 62.4 Å². The summed E-state index contributed by atoms with van der Waals surface area (Å²) >= 11 is 11.2. The van der Waals surface area contributed by atoms with Gasteiger partial charge in [-0.2, -0.15) is 0 Å². The number of amides is 1. The van der Waals surface area contributed by atoms with Crippen molar-refractivity contribution in [1.82, 2.24) is 10.6 Å². The second kappa shape index (κ2) is 6.14. The molecule has 2 bridgehead atoms. The lowest BCUT2D eigenvalue weighted by atomic mass is 9.79. The highest BCUT2D eigenvalue weighted by molar-refractivity contribution is 7.80. The number of rotatable bonds is 2. The number of ether oxygens (including phenoxy) is 1. The molecule has 2 aromatic carbocycles. The number of aryl methyl sites for hydroxylation is 1. The van der Waals surface area contributed by atoms with Crippen LogP contribution in [0.4, 0.5) is 5.69 Å². The fraction of sp³-hybridized carbons (Fsp3) is 0.263. The van der Waals surface area contributed by atoms with Gasteiger partial charge in [0.2, 0.25) is 5.91 Å². The van der Waals surface area contributed by atoms with E-state index in [2.05, 4.69) is 16.0 Å². The predicted molar refractivity (Wildman–Crippen MR) is 105 cm³/mol. The Balaban J connectivity index is 1.71. The standard InChI is InChI=1S/C19H18ClN3O2S/c1-10-3-8-14-13(9-10)16-15(19(2,25-14)23-18(26)22-16)17(24)21-12-6-4-11(20)5-7-12/h3-9,15-16H,1-2H3,(H,21,24)(H2,22,23,26)/t15-,16+,19-/m1/s1. The van der Waals surface area contributed by atoms with E-state index in [1.165, 1.54) is 0 Å². The molecule has 5 nitrogen and oxygen atoms in total. The molecule has 1 amide bonds. The Bertz CT molecular complexity index is 902. The maximum atomic E-state index is 13.1. The number of nitrogens with one attached hydrogen (secondary N) is 3. The van der Waals surface area contributed by atoms with Gasteiger partial charge >= 0.3 is 0 Å². The molecule has 2 heterocycles. The zero-order valence-electron chi connectivity index (χ0n) is 14.3. The first-order valence-electron chi connectivity index (χ1n) is 8.30. The van der Waals surface area contributed by atoms with Crippen LogP contribution >= 0.6 is 23.8 Å². The van der Waals surface area contributed by atoms with E-state index in [1.807, 2.05) is 32.0 Å². The van der Waals surface area contributed by atoms with Crippen molar-refractivity contribution in [1.29, 1.82) is 0 Å². The third-order valence-electron chi connectivity index (χ3n) is 4.79. The highest BCUT2D eigenvalue weighted by Gasteiger charge is 2.54. The summed E-state index contributed by atoms with van der Waals surface area (Å²) in [5.41, 5.74) is 1.77. The Kier molecular flexibility index (Phi) is 4.04. The molecule has 0 aromatic heterocycles. The summed E-state index contributed by atoms with van der Waals surface area (Å²) in [6, 6.07) is 12.7. The Morgan fingerprint density at radius 2 is 2.00 bits per heavy atom. The molecule has 7 heteroatoms. The van der Waals surface area contributed by atoms with Gasteiger partial charge in [-0.15, -0.1) is 0 Å². The van der Waals surface area contributed by atoms with Crippen LogP contribution in [0.5, 0.6) is 5.75 Å². The van der Waals surface area contributed by atoms with Gasteiger partial charge in [0.05, 0.1) is 6.04 Å². The van der Waals surface area contributed by atoms with Crippen LogP contribution in [0.2, 0.25) is 5.02 Å². The first-order valence-corrected chi connectivity index (χ1v) is 9.09. The molecule has 1 saturated heterocycles. The Morgan fingerprint density at radius 3 is 2.73 bits per heavy atom. The molecular formula is C19H18ClN3O2S. The van der Waals surface area contributed by atoms with Crippen LogP contribution in [-0.4, -0.2) is 16.7 Å². The SMILES string of the molecule is Cc1ccc2c(c1)[C@@H]1NC(=S)N[C@](C)(O2)[C@H]1C(=O)Nc1ccc(Cl)cc1. The summed E-state index contributed by atoms with van der Waals surface area (Å²) in [4.78, 5) is 13.1. The van der Waals surface area contributed by atoms with Gasteiger partial charge in [0, 0.05) is 16.3 Å². The molecule has 0 unspecified atom stereocenters. The van der Waals surface area contributed by atoms with E-state index in [1.54, 1.807) is 24.3 Å².